The summed E-state index contributed by atoms with van der Waals surface area (Å²) in [5, 5.41) is 18.8. The first-order valence-corrected chi connectivity index (χ1v) is 5.28. The van der Waals surface area contributed by atoms with Crippen LogP contribution < -0.4 is 0 Å². The van der Waals surface area contributed by atoms with Crippen molar-refractivity contribution < 1.29 is 10.2 Å². The summed E-state index contributed by atoms with van der Waals surface area (Å²) in [5.41, 5.74) is 1.47. The van der Waals surface area contributed by atoms with Gasteiger partial charge in [-0.15, -0.1) is 0 Å². The molecule has 0 aromatic heterocycles. The number of hydrogen-bond donors (Lipinski definition) is 2. The minimum atomic E-state index is -0.114. The topological polar surface area (TPSA) is 43.7 Å². The average Bonchev–Trinajstić information content (AvgIpc) is 2.21. The fraction of sp³-hybridized carbons (Fsp3) is 0.500. The number of para-hydroxylation sites is 1. The van der Waals surface area contributed by atoms with E-state index in [0.29, 0.717) is 12.1 Å². The molecule has 0 saturated carbocycles. The summed E-state index contributed by atoms with van der Waals surface area (Å²) < 4.78 is 0. The summed E-state index contributed by atoms with van der Waals surface area (Å²) in [6, 6.07) is 5.49. The van der Waals surface area contributed by atoms with Gasteiger partial charge in [0, 0.05) is 17.7 Å². The molecule has 1 aromatic carbocycles. The molecule has 3 nitrogen and oxygen atoms in total. The van der Waals surface area contributed by atoms with E-state index in [4.69, 9.17) is 5.11 Å². The van der Waals surface area contributed by atoms with Gasteiger partial charge in [-0.05, 0) is 20.0 Å². The summed E-state index contributed by atoms with van der Waals surface area (Å²) in [7, 11) is 2.02. The second-order valence-electron chi connectivity index (χ2n) is 3.82. The van der Waals surface area contributed by atoms with Gasteiger partial charge in [0.05, 0.1) is 6.61 Å². The van der Waals surface area contributed by atoms with Gasteiger partial charge in [0.2, 0.25) is 0 Å². The minimum Gasteiger partial charge on any atom is -0.507 e. The summed E-state index contributed by atoms with van der Waals surface area (Å²) in [5.74, 6) is 0.225. The fourth-order valence-corrected chi connectivity index (χ4v) is 1.65. The summed E-state index contributed by atoms with van der Waals surface area (Å²) in [4.78, 5) is 2.15. The minimum absolute atomic E-state index is 0.114. The molecule has 1 rings (SSSR count). The quantitative estimate of drug-likeness (QED) is 0.776. The Morgan fingerprint density at radius 1 is 1.27 bits per heavy atom. The largest absolute Gasteiger partial charge is 0.507 e. The molecule has 0 saturated heterocycles. The van der Waals surface area contributed by atoms with Crippen LogP contribution in [0, 0.1) is 0 Å². The van der Waals surface area contributed by atoms with Crippen molar-refractivity contribution in [1.82, 2.24) is 4.90 Å². The molecule has 1 aromatic rings. The van der Waals surface area contributed by atoms with E-state index in [0.717, 1.165) is 18.5 Å². The SMILES string of the molecule is CCCN(C)Cc1cccc(CO)c1O. The van der Waals surface area contributed by atoms with Crippen molar-refractivity contribution in [3.8, 4) is 5.75 Å². The molecule has 2 N–H and O–H groups in total. The highest BCUT2D eigenvalue weighted by Gasteiger charge is 2.07. The molecule has 0 aliphatic heterocycles. The van der Waals surface area contributed by atoms with Gasteiger partial charge in [-0.2, -0.15) is 0 Å². The molecule has 0 aliphatic carbocycles. The Labute approximate surface area is 91.0 Å². The number of phenols is 1. The third-order valence-electron chi connectivity index (χ3n) is 2.42. The van der Waals surface area contributed by atoms with Crippen LogP contribution in [0.25, 0.3) is 0 Å². The molecule has 84 valence electrons. The van der Waals surface area contributed by atoms with Crippen molar-refractivity contribution in [2.24, 2.45) is 0 Å². The lowest BCUT2D eigenvalue weighted by molar-refractivity contribution is 0.273. The van der Waals surface area contributed by atoms with Crippen molar-refractivity contribution in [1.29, 1.82) is 0 Å². The Kier molecular flexibility index (Phi) is 4.59. The first-order chi connectivity index (χ1) is 7.19. The predicted molar refractivity (Wildman–Crippen MR) is 60.7 cm³/mol. The van der Waals surface area contributed by atoms with Crippen molar-refractivity contribution in [3.05, 3.63) is 29.3 Å². The van der Waals surface area contributed by atoms with Crippen LogP contribution in [-0.2, 0) is 13.2 Å². The Morgan fingerprint density at radius 3 is 2.53 bits per heavy atom. The number of nitrogens with zero attached hydrogens (tertiary/aromatic N) is 1. The number of aliphatic hydroxyl groups is 1. The first kappa shape index (κ1) is 12.0. The smallest absolute Gasteiger partial charge is 0.125 e. The van der Waals surface area contributed by atoms with Gasteiger partial charge in [-0.1, -0.05) is 25.1 Å². The standard InChI is InChI=1S/C12H19NO2/c1-3-7-13(2)8-10-5-4-6-11(9-14)12(10)15/h4-6,14-15H,3,7-9H2,1-2H3. The van der Waals surface area contributed by atoms with Gasteiger partial charge >= 0.3 is 0 Å². The molecule has 0 bridgehead atoms. The second kappa shape index (κ2) is 5.73. The molecular formula is C12H19NO2. The van der Waals surface area contributed by atoms with Crippen molar-refractivity contribution in [2.75, 3.05) is 13.6 Å². The van der Waals surface area contributed by atoms with E-state index in [1.54, 1.807) is 6.07 Å². The number of aromatic hydroxyl groups is 1. The zero-order valence-corrected chi connectivity index (χ0v) is 9.40. The maximum absolute atomic E-state index is 9.82. The van der Waals surface area contributed by atoms with E-state index in [-0.39, 0.29) is 12.4 Å². The third kappa shape index (κ3) is 3.22. The van der Waals surface area contributed by atoms with Gasteiger partial charge in [0.25, 0.3) is 0 Å². The normalized spacial score (nSPS) is 10.9. The predicted octanol–water partition coefficient (Wildman–Crippen LogP) is 1.73. The lowest BCUT2D eigenvalue weighted by atomic mass is 10.1. The number of hydrogen-bond acceptors (Lipinski definition) is 3. The van der Waals surface area contributed by atoms with Gasteiger partial charge < -0.3 is 15.1 Å². The first-order valence-electron chi connectivity index (χ1n) is 5.28. The molecule has 0 spiro atoms. The molecule has 0 unspecified atom stereocenters. The Hall–Kier alpha value is -1.06. The third-order valence-corrected chi connectivity index (χ3v) is 2.42. The molecule has 0 aliphatic rings. The van der Waals surface area contributed by atoms with Crippen molar-refractivity contribution >= 4 is 0 Å². The van der Waals surface area contributed by atoms with E-state index < -0.39 is 0 Å². The average molecular weight is 209 g/mol. The van der Waals surface area contributed by atoms with Crippen LogP contribution in [-0.4, -0.2) is 28.7 Å². The van der Waals surface area contributed by atoms with E-state index >= 15 is 0 Å². The second-order valence-corrected chi connectivity index (χ2v) is 3.82. The summed E-state index contributed by atoms with van der Waals surface area (Å²) >= 11 is 0. The summed E-state index contributed by atoms with van der Waals surface area (Å²) in [6.07, 6.45) is 1.09. The van der Waals surface area contributed by atoms with E-state index in [2.05, 4.69) is 11.8 Å². The van der Waals surface area contributed by atoms with Crippen molar-refractivity contribution in [3.63, 3.8) is 0 Å². The maximum atomic E-state index is 9.82. The lowest BCUT2D eigenvalue weighted by Crippen LogP contribution is -2.18. The molecular weight excluding hydrogens is 190 g/mol. The Bertz CT molecular complexity index is 312. The number of rotatable bonds is 5. The van der Waals surface area contributed by atoms with E-state index in [9.17, 15) is 5.11 Å². The van der Waals surface area contributed by atoms with Gasteiger partial charge in [-0.3, -0.25) is 0 Å². The van der Waals surface area contributed by atoms with Gasteiger partial charge in [-0.25, -0.2) is 0 Å². The molecule has 15 heavy (non-hydrogen) atoms. The molecule has 0 amide bonds. The lowest BCUT2D eigenvalue weighted by Gasteiger charge is -2.17. The zero-order valence-electron chi connectivity index (χ0n) is 9.40. The molecule has 3 heteroatoms. The van der Waals surface area contributed by atoms with Crippen LogP contribution in [0.15, 0.2) is 18.2 Å². The van der Waals surface area contributed by atoms with Gasteiger partial charge in [0.15, 0.2) is 0 Å². The molecule has 0 fully saturated rings. The van der Waals surface area contributed by atoms with E-state index in [1.807, 2.05) is 19.2 Å². The number of benzene rings is 1. The molecule has 0 heterocycles. The number of aliphatic hydroxyl groups excluding tert-OH is 1. The van der Waals surface area contributed by atoms with Crippen molar-refractivity contribution in [2.45, 2.75) is 26.5 Å². The highest BCUT2D eigenvalue weighted by atomic mass is 16.3. The monoisotopic (exact) mass is 209 g/mol. The van der Waals surface area contributed by atoms with Crippen LogP contribution in [0.2, 0.25) is 0 Å². The highest BCUT2D eigenvalue weighted by molar-refractivity contribution is 5.39. The van der Waals surface area contributed by atoms with E-state index in [1.165, 1.54) is 0 Å². The van der Waals surface area contributed by atoms with Gasteiger partial charge in [0.1, 0.15) is 5.75 Å². The highest BCUT2D eigenvalue weighted by Crippen LogP contribution is 2.23. The maximum Gasteiger partial charge on any atom is 0.125 e. The van der Waals surface area contributed by atoms with Crippen LogP contribution in [0.5, 0.6) is 5.75 Å². The zero-order chi connectivity index (χ0) is 11.3. The van der Waals surface area contributed by atoms with Crippen LogP contribution in [0.3, 0.4) is 0 Å². The molecule has 0 radical (unpaired) electrons. The van der Waals surface area contributed by atoms with Crippen LogP contribution >= 0.6 is 0 Å². The van der Waals surface area contributed by atoms with Crippen LogP contribution in [0.1, 0.15) is 24.5 Å². The Balaban J connectivity index is 2.76. The summed E-state index contributed by atoms with van der Waals surface area (Å²) in [6.45, 7) is 3.73. The Morgan fingerprint density at radius 2 is 1.93 bits per heavy atom. The van der Waals surface area contributed by atoms with Crippen LogP contribution in [0.4, 0.5) is 0 Å². The fourth-order valence-electron chi connectivity index (χ4n) is 1.65. The molecule has 0 atom stereocenters.